The van der Waals surface area contributed by atoms with Crippen LogP contribution in [0.2, 0.25) is 0 Å². The molecular weight excluding hydrogens is 997 g/mol. The highest BCUT2D eigenvalue weighted by Crippen LogP contribution is 2.17. The van der Waals surface area contributed by atoms with Crippen LogP contribution in [0.3, 0.4) is 0 Å². The van der Waals surface area contributed by atoms with Crippen molar-refractivity contribution in [2.45, 2.75) is 335 Å². The summed E-state index contributed by atoms with van der Waals surface area (Å²) < 4.78 is 16.9. The van der Waals surface area contributed by atoms with E-state index in [1.54, 1.807) is 0 Å². The third-order valence-electron chi connectivity index (χ3n) is 14.8. The van der Waals surface area contributed by atoms with Gasteiger partial charge in [-0.05, 0) is 103 Å². The van der Waals surface area contributed by atoms with Gasteiger partial charge in [0, 0.05) is 19.3 Å². The Hall–Kier alpha value is -3.93. The molecule has 464 valence electrons. The van der Waals surface area contributed by atoms with E-state index in [0.29, 0.717) is 19.3 Å². The molecule has 0 spiro atoms. The Labute approximate surface area is 501 Å². The maximum Gasteiger partial charge on any atom is 0.306 e. The van der Waals surface area contributed by atoms with Crippen LogP contribution in [0.1, 0.15) is 329 Å². The summed E-state index contributed by atoms with van der Waals surface area (Å²) in [6.45, 7) is 6.51. The lowest BCUT2D eigenvalue weighted by atomic mass is 10.0. The lowest BCUT2D eigenvalue weighted by Crippen LogP contribution is -2.30. The molecule has 0 saturated heterocycles. The van der Waals surface area contributed by atoms with Crippen LogP contribution in [0, 0.1) is 0 Å². The van der Waals surface area contributed by atoms with Gasteiger partial charge >= 0.3 is 17.9 Å². The number of rotatable bonds is 62. The van der Waals surface area contributed by atoms with E-state index in [9.17, 15) is 14.4 Å². The molecule has 0 aliphatic heterocycles. The van der Waals surface area contributed by atoms with Crippen LogP contribution in [0.15, 0.2) is 109 Å². The Morgan fingerprint density at radius 1 is 0.259 bits per heavy atom. The first-order valence-corrected chi connectivity index (χ1v) is 34.4. The number of hydrogen-bond donors (Lipinski definition) is 0. The molecule has 0 aromatic heterocycles. The summed E-state index contributed by atoms with van der Waals surface area (Å²) in [6, 6.07) is 0. The van der Waals surface area contributed by atoms with Crippen LogP contribution in [0.5, 0.6) is 0 Å². The molecule has 0 aromatic rings. The molecule has 0 heterocycles. The molecule has 0 fully saturated rings. The van der Waals surface area contributed by atoms with Gasteiger partial charge < -0.3 is 14.2 Å². The van der Waals surface area contributed by atoms with E-state index in [1.807, 2.05) is 0 Å². The van der Waals surface area contributed by atoms with Crippen molar-refractivity contribution in [3.63, 3.8) is 0 Å². The van der Waals surface area contributed by atoms with Crippen molar-refractivity contribution in [1.29, 1.82) is 0 Å². The summed E-state index contributed by atoms with van der Waals surface area (Å²) in [6.07, 6.45) is 93.9. The molecule has 0 aromatic carbocycles. The highest BCUT2D eigenvalue weighted by Gasteiger charge is 2.19. The van der Waals surface area contributed by atoms with E-state index in [2.05, 4.69) is 130 Å². The van der Waals surface area contributed by atoms with Crippen LogP contribution in [-0.4, -0.2) is 37.2 Å². The third kappa shape index (κ3) is 66.8. The summed E-state index contributed by atoms with van der Waals surface area (Å²) in [7, 11) is 0. The molecule has 81 heavy (non-hydrogen) atoms. The number of carbonyl (C=O) groups excluding carboxylic acids is 3. The van der Waals surface area contributed by atoms with Crippen molar-refractivity contribution in [3.8, 4) is 0 Å². The van der Waals surface area contributed by atoms with Gasteiger partial charge in [0.25, 0.3) is 0 Å². The predicted molar refractivity (Wildman–Crippen MR) is 353 cm³/mol. The summed E-state index contributed by atoms with van der Waals surface area (Å²) in [5, 5.41) is 0. The number of hydrogen-bond acceptors (Lipinski definition) is 6. The fourth-order valence-corrected chi connectivity index (χ4v) is 9.64. The monoisotopic (exact) mass is 1120 g/mol. The highest BCUT2D eigenvalue weighted by molar-refractivity contribution is 5.71. The number of ether oxygens (including phenoxy) is 3. The average molecular weight is 1130 g/mol. The zero-order valence-electron chi connectivity index (χ0n) is 53.3. The maximum atomic E-state index is 13.0. The van der Waals surface area contributed by atoms with Crippen LogP contribution in [-0.2, 0) is 28.6 Å². The molecule has 1 atom stereocenters. The first kappa shape index (κ1) is 77.1. The molecule has 0 amide bonds. The first-order chi connectivity index (χ1) is 40.0. The van der Waals surface area contributed by atoms with Crippen molar-refractivity contribution in [2.75, 3.05) is 13.2 Å². The van der Waals surface area contributed by atoms with Gasteiger partial charge in [-0.15, -0.1) is 0 Å². The van der Waals surface area contributed by atoms with Gasteiger partial charge in [0.2, 0.25) is 0 Å². The topological polar surface area (TPSA) is 78.9 Å². The van der Waals surface area contributed by atoms with E-state index < -0.39 is 6.10 Å². The number of unbranched alkanes of at least 4 members (excludes halogenated alkanes) is 33. The second-order valence-corrected chi connectivity index (χ2v) is 22.7. The SMILES string of the molecule is CC/C=C\C/C=C\C/C=C\C/C=C\C/C=C\C/C=C\C/C=C\CCCC(=O)OCC(COC(=O)CCCCCCCCCCCCCCCCCCCCC)OC(=O)CCCCCCCCCCC/C=C\C/C=C\CCCCCCC. The molecule has 0 bridgehead atoms. The molecule has 0 radical (unpaired) electrons. The van der Waals surface area contributed by atoms with E-state index in [-0.39, 0.29) is 37.5 Å². The van der Waals surface area contributed by atoms with E-state index in [1.165, 1.54) is 186 Å². The molecule has 0 saturated carbocycles. The van der Waals surface area contributed by atoms with Gasteiger partial charge in [-0.3, -0.25) is 14.4 Å². The molecule has 0 aliphatic rings. The summed E-state index contributed by atoms with van der Waals surface area (Å²) >= 11 is 0. The van der Waals surface area contributed by atoms with Crippen LogP contribution in [0.25, 0.3) is 0 Å². The number of allylic oxidation sites excluding steroid dienone is 18. The largest absolute Gasteiger partial charge is 0.462 e. The maximum absolute atomic E-state index is 13.0. The predicted octanol–water partition coefficient (Wildman–Crippen LogP) is 23.8. The van der Waals surface area contributed by atoms with Crippen molar-refractivity contribution in [1.82, 2.24) is 0 Å². The zero-order valence-corrected chi connectivity index (χ0v) is 53.3. The number of carbonyl (C=O) groups is 3. The Kier molecular flexibility index (Phi) is 65.2. The Balaban J connectivity index is 4.48. The van der Waals surface area contributed by atoms with Crippen LogP contribution >= 0.6 is 0 Å². The van der Waals surface area contributed by atoms with Crippen molar-refractivity contribution in [3.05, 3.63) is 109 Å². The van der Waals surface area contributed by atoms with Gasteiger partial charge in [0.1, 0.15) is 13.2 Å². The Morgan fingerprint density at radius 3 is 0.802 bits per heavy atom. The van der Waals surface area contributed by atoms with E-state index >= 15 is 0 Å². The van der Waals surface area contributed by atoms with Gasteiger partial charge in [-0.2, -0.15) is 0 Å². The van der Waals surface area contributed by atoms with Crippen LogP contribution in [0.4, 0.5) is 0 Å². The van der Waals surface area contributed by atoms with E-state index in [4.69, 9.17) is 14.2 Å². The molecule has 6 nitrogen and oxygen atoms in total. The van der Waals surface area contributed by atoms with Gasteiger partial charge in [-0.25, -0.2) is 0 Å². The summed E-state index contributed by atoms with van der Waals surface area (Å²) in [4.78, 5) is 38.4. The third-order valence-corrected chi connectivity index (χ3v) is 14.8. The fraction of sp³-hybridized carbons (Fsp3) is 0.720. The Morgan fingerprint density at radius 2 is 0.494 bits per heavy atom. The summed E-state index contributed by atoms with van der Waals surface area (Å²) in [5.74, 6) is -0.949. The van der Waals surface area contributed by atoms with E-state index in [0.717, 1.165) is 96.3 Å². The zero-order chi connectivity index (χ0) is 58.5. The van der Waals surface area contributed by atoms with Crippen molar-refractivity contribution < 1.29 is 28.6 Å². The summed E-state index contributed by atoms with van der Waals surface area (Å²) in [5.41, 5.74) is 0. The lowest BCUT2D eigenvalue weighted by Gasteiger charge is -2.18. The lowest BCUT2D eigenvalue weighted by molar-refractivity contribution is -0.167. The van der Waals surface area contributed by atoms with Crippen molar-refractivity contribution in [2.24, 2.45) is 0 Å². The highest BCUT2D eigenvalue weighted by atomic mass is 16.6. The molecule has 0 rings (SSSR count). The van der Waals surface area contributed by atoms with Crippen molar-refractivity contribution >= 4 is 17.9 Å². The molecule has 1 unspecified atom stereocenters. The molecular formula is C75H128O6. The normalized spacial score (nSPS) is 12.8. The Bertz CT molecular complexity index is 1620. The average Bonchev–Trinajstić information content (AvgIpc) is 3.47. The first-order valence-electron chi connectivity index (χ1n) is 34.4. The molecule has 0 N–H and O–H groups in total. The smallest absolute Gasteiger partial charge is 0.306 e. The van der Waals surface area contributed by atoms with Gasteiger partial charge in [0.15, 0.2) is 6.10 Å². The standard InChI is InChI=1S/C75H128O6/c1-4-7-10-13-16-19-22-25-28-31-34-36-37-39-41-44-47-50-53-56-59-62-65-68-74(77)80-71-72(70-79-73(76)67-64-61-58-55-52-49-46-43-40-33-30-27-24-21-18-15-12-9-6-3)81-75(78)69-66-63-60-57-54-51-48-45-42-38-35-32-29-26-23-20-17-14-11-8-5-2/h7,10,16,19,23,25-26,28,32,34-36,39,41,47,50,56,59,72H,4-6,8-9,11-15,17-18,20-22,24,27,29-31,33,37-38,40,42-46,48-49,51-55,57-58,60-71H2,1-3H3/b10-7-,19-16-,26-23-,28-25-,35-32-,36-34-,41-39-,50-47-,59-56-. The van der Waals surface area contributed by atoms with Gasteiger partial charge in [0.05, 0.1) is 0 Å². The molecule has 0 aliphatic carbocycles. The van der Waals surface area contributed by atoms with Gasteiger partial charge in [-0.1, -0.05) is 316 Å². The quantitative estimate of drug-likeness (QED) is 0.0261. The fourth-order valence-electron chi connectivity index (χ4n) is 9.64. The number of esters is 3. The van der Waals surface area contributed by atoms with Crippen LogP contribution < -0.4 is 0 Å². The second kappa shape index (κ2) is 68.6. The minimum atomic E-state index is -0.806. The molecule has 6 heteroatoms. The minimum absolute atomic E-state index is 0.0960. The second-order valence-electron chi connectivity index (χ2n) is 22.7. The minimum Gasteiger partial charge on any atom is -0.462 e.